The van der Waals surface area contributed by atoms with E-state index in [9.17, 15) is 4.79 Å². The van der Waals surface area contributed by atoms with E-state index in [0.29, 0.717) is 0 Å². The van der Waals surface area contributed by atoms with Crippen LogP contribution >= 0.6 is 0 Å². The van der Waals surface area contributed by atoms with Crippen molar-refractivity contribution in [3.8, 4) is 0 Å². The van der Waals surface area contributed by atoms with E-state index in [4.69, 9.17) is 14.2 Å². The SMILES string of the molecule is COC(OC)C1C=CC(=O)O1. The molecule has 0 aromatic rings. The third kappa shape index (κ3) is 1.78. The summed E-state index contributed by atoms with van der Waals surface area (Å²) in [6, 6.07) is 0. The minimum absolute atomic E-state index is 0.353. The van der Waals surface area contributed by atoms with E-state index in [2.05, 4.69) is 0 Å². The number of rotatable bonds is 3. The summed E-state index contributed by atoms with van der Waals surface area (Å²) < 4.78 is 14.6. The highest BCUT2D eigenvalue weighted by Crippen LogP contribution is 2.11. The summed E-state index contributed by atoms with van der Waals surface area (Å²) in [6.45, 7) is 0. The summed E-state index contributed by atoms with van der Waals surface area (Å²) in [5.74, 6) is -0.353. The summed E-state index contributed by atoms with van der Waals surface area (Å²) in [5, 5.41) is 0. The van der Waals surface area contributed by atoms with Crippen LogP contribution in [0.2, 0.25) is 0 Å². The summed E-state index contributed by atoms with van der Waals surface area (Å²) >= 11 is 0. The van der Waals surface area contributed by atoms with Crippen molar-refractivity contribution in [1.29, 1.82) is 0 Å². The Morgan fingerprint density at radius 1 is 1.55 bits per heavy atom. The molecule has 4 heteroatoms. The Kier molecular flexibility index (Phi) is 2.62. The maximum Gasteiger partial charge on any atom is 0.331 e. The van der Waals surface area contributed by atoms with Crippen molar-refractivity contribution in [1.82, 2.24) is 0 Å². The number of methoxy groups -OCH3 is 2. The van der Waals surface area contributed by atoms with Crippen LogP contribution in [0.3, 0.4) is 0 Å². The smallest absolute Gasteiger partial charge is 0.331 e. The zero-order valence-corrected chi connectivity index (χ0v) is 6.44. The number of cyclic esters (lactones) is 1. The van der Waals surface area contributed by atoms with Gasteiger partial charge < -0.3 is 14.2 Å². The minimum Gasteiger partial charge on any atom is -0.449 e. The molecule has 0 bridgehead atoms. The molecule has 1 unspecified atom stereocenters. The van der Waals surface area contributed by atoms with Gasteiger partial charge in [-0.15, -0.1) is 0 Å². The molecule has 0 radical (unpaired) electrons. The molecule has 11 heavy (non-hydrogen) atoms. The van der Waals surface area contributed by atoms with E-state index in [-0.39, 0.29) is 5.97 Å². The monoisotopic (exact) mass is 158 g/mol. The minimum atomic E-state index is -0.502. The summed E-state index contributed by atoms with van der Waals surface area (Å²) in [7, 11) is 2.99. The van der Waals surface area contributed by atoms with E-state index >= 15 is 0 Å². The van der Waals surface area contributed by atoms with Crippen molar-refractivity contribution in [3.63, 3.8) is 0 Å². The van der Waals surface area contributed by atoms with Crippen LogP contribution < -0.4 is 0 Å². The van der Waals surface area contributed by atoms with Crippen LogP contribution in [0.4, 0.5) is 0 Å². The third-order valence-corrected chi connectivity index (χ3v) is 1.41. The van der Waals surface area contributed by atoms with Crippen LogP contribution in [0.15, 0.2) is 12.2 Å². The fraction of sp³-hybridized carbons (Fsp3) is 0.571. The molecule has 1 atom stereocenters. The third-order valence-electron chi connectivity index (χ3n) is 1.41. The topological polar surface area (TPSA) is 44.8 Å². The van der Waals surface area contributed by atoms with E-state index in [0.717, 1.165) is 0 Å². The van der Waals surface area contributed by atoms with Gasteiger partial charge in [-0.2, -0.15) is 0 Å². The van der Waals surface area contributed by atoms with Gasteiger partial charge in [0.2, 0.25) is 0 Å². The normalized spacial score (nSPS) is 22.8. The molecule has 1 aliphatic heterocycles. The van der Waals surface area contributed by atoms with Crippen molar-refractivity contribution < 1.29 is 19.0 Å². The lowest BCUT2D eigenvalue weighted by Gasteiger charge is -2.17. The Labute approximate surface area is 64.7 Å². The molecule has 0 aromatic carbocycles. The molecule has 0 fully saturated rings. The molecule has 0 N–H and O–H groups in total. The molecule has 1 rings (SSSR count). The fourth-order valence-electron chi connectivity index (χ4n) is 0.897. The Hall–Kier alpha value is -0.870. The fourth-order valence-corrected chi connectivity index (χ4v) is 0.897. The van der Waals surface area contributed by atoms with Gasteiger partial charge in [-0.05, 0) is 6.08 Å². The molecule has 1 aliphatic rings. The van der Waals surface area contributed by atoms with Crippen molar-refractivity contribution in [3.05, 3.63) is 12.2 Å². The molecule has 0 aromatic heterocycles. The molecular formula is C7H10O4. The molecular weight excluding hydrogens is 148 g/mol. The second-order valence-corrected chi connectivity index (χ2v) is 2.10. The Balaban J connectivity index is 2.48. The van der Waals surface area contributed by atoms with Crippen LogP contribution in [-0.4, -0.2) is 32.6 Å². The van der Waals surface area contributed by atoms with Gasteiger partial charge in [0.15, 0.2) is 12.4 Å². The van der Waals surface area contributed by atoms with Crippen molar-refractivity contribution in [2.24, 2.45) is 0 Å². The van der Waals surface area contributed by atoms with E-state index < -0.39 is 12.4 Å². The molecule has 0 amide bonds. The number of ether oxygens (including phenoxy) is 3. The van der Waals surface area contributed by atoms with Crippen LogP contribution in [0.25, 0.3) is 0 Å². The lowest BCUT2D eigenvalue weighted by Crippen LogP contribution is -2.29. The zero-order valence-electron chi connectivity index (χ0n) is 6.44. The molecule has 4 nitrogen and oxygen atoms in total. The number of esters is 1. The van der Waals surface area contributed by atoms with Crippen LogP contribution in [-0.2, 0) is 19.0 Å². The lowest BCUT2D eigenvalue weighted by molar-refractivity contribution is -0.173. The van der Waals surface area contributed by atoms with Crippen LogP contribution in [0.1, 0.15) is 0 Å². The van der Waals surface area contributed by atoms with E-state index in [1.165, 1.54) is 20.3 Å². The van der Waals surface area contributed by atoms with Crippen molar-refractivity contribution in [2.75, 3.05) is 14.2 Å². The number of hydrogen-bond donors (Lipinski definition) is 0. The van der Waals surface area contributed by atoms with Crippen LogP contribution in [0, 0.1) is 0 Å². The average molecular weight is 158 g/mol. The van der Waals surface area contributed by atoms with Gasteiger partial charge in [0.1, 0.15) is 0 Å². The zero-order chi connectivity index (χ0) is 8.27. The highest BCUT2D eigenvalue weighted by molar-refractivity contribution is 5.84. The Morgan fingerprint density at radius 2 is 2.18 bits per heavy atom. The summed E-state index contributed by atoms with van der Waals surface area (Å²) in [5.41, 5.74) is 0. The second-order valence-electron chi connectivity index (χ2n) is 2.10. The van der Waals surface area contributed by atoms with Crippen LogP contribution in [0.5, 0.6) is 0 Å². The summed E-state index contributed by atoms with van der Waals surface area (Å²) in [4.78, 5) is 10.6. The molecule has 62 valence electrons. The van der Waals surface area contributed by atoms with Gasteiger partial charge in [0.25, 0.3) is 0 Å². The highest BCUT2D eigenvalue weighted by Gasteiger charge is 2.25. The van der Waals surface area contributed by atoms with Gasteiger partial charge in [-0.3, -0.25) is 0 Å². The first-order valence-electron chi connectivity index (χ1n) is 3.22. The van der Waals surface area contributed by atoms with E-state index in [1.54, 1.807) is 6.08 Å². The predicted octanol–water partition coefficient (Wildman–Crippen LogP) is 0.0869. The lowest BCUT2D eigenvalue weighted by atomic mass is 10.3. The molecule has 0 saturated heterocycles. The van der Waals surface area contributed by atoms with Gasteiger partial charge in [-0.1, -0.05) is 0 Å². The first kappa shape index (κ1) is 8.23. The average Bonchev–Trinajstić information content (AvgIpc) is 2.39. The van der Waals surface area contributed by atoms with Gasteiger partial charge in [0.05, 0.1) is 0 Å². The number of carbonyl (C=O) groups excluding carboxylic acids is 1. The summed E-state index contributed by atoms with van der Waals surface area (Å²) in [6.07, 6.45) is 2.06. The Morgan fingerprint density at radius 3 is 2.55 bits per heavy atom. The largest absolute Gasteiger partial charge is 0.449 e. The number of carbonyl (C=O) groups is 1. The van der Waals surface area contributed by atoms with Gasteiger partial charge in [0, 0.05) is 20.3 Å². The maximum atomic E-state index is 10.6. The van der Waals surface area contributed by atoms with Gasteiger partial charge >= 0.3 is 5.97 Å². The quantitative estimate of drug-likeness (QED) is 0.431. The maximum absolute atomic E-state index is 10.6. The van der Waals surface area contributed by atoms with Gasteiger partial charge in [-0.25, -0.2) is 4.79 Å². The molecule has 0 spiro atoms. The van der Waals surface area contributed by atoms with E-state index in [1.807, 2.05) is 0 Å². The Bertz CT molecular complexity index is 171. The van der Waals surface area contributed by atoms with Crippen molar-refractivity contribution in [2.45, 2.75) is 12.4 Å². The molecule has 1 heterocycles. The number of hydrogen-bond acceptors (Lipinski definition) is 4. The standard InChI is InChI=1S/C7H10O4/c1-9-7(10-2)5-3-4-6(8)11-5/h3-5,7H,1-2H3. The first-order chi connectivity index (χ1) is 5.27. The van der Waals surface area contributed by atoms with Crippen molar-refractivity contribution >= 4 is 5.97 Å². The molecule has 0 aliphatic carbocycles. The second kappa shape index (κ2) is 3.50. The highest BCUT2D eigenvalue weighted by atomic mass is 16.7. The predicted molar refractivity (Wildman–Crippen MR) is 36.8 cm³/mol. The first-order valence-corrected chi connectivity index (χ1v) is 3.22. The molecule has 0 saturated carbocycles.